The van der Waals surface area contributed by atoms with Crippen LogP contribution in [-0.4, -0.2) is 65.7 Å². The molecular weight excluding hydrogens is 520 g/mol. The first-order chi connectivity index (χ1) is 17.9. The number of nitrogens with one attached hydrogen (secondary N) is 1. The third kappa shape index (κ3) is 9.13. The van der Waals surface area contributed by atoms with Gasteiger partial charge in [-0.3, -0.25) is 9.55 Å². The number of hydrogen-bond donors (Lipinski definition) is 2. The third-order valence-electron chi connectivity index (χ3n) is 6.85. The summed E-state index contributed by atoms with van der Waals surface area (Å²) in [7, 11) is -1.82. The minimum atomic E-state index is -3.97. The van der Waals surface area contributed by atoms with Crippen LogP contribution in [0.4, 0.5) is 0 Å². The zero-order valence-corrected chi connectivity index (χ0v) is 23.7. The maximum atomic E-state index is 10.3. The molecule has 0 unspecified atom stereocenters. The molecule has 3 aromatic rings. The quantitative estimate of drug-likeness (QED) is 0.233. The summed E-state index contributed by atoms with van der Waals surface area (Å²) in [4.78, 5) is 8.43. The molecule has 2 aromatic carbocycles. The van der Waals surface area contributed by atoms with Crippen molar-refractivity contribution >= 4 is 38.8 Å². The Labute approximate surface area is 230 Å². The molecule has 38 heavy (non-hydrogen) atoms. The summed E-state index contributed by atoms with van der Waals surface area (Å²) in [6.07, 6.45) is 9.65. The van der Waals surface area contributed by atoms with Crippen LogP contribution < -0.4 is 4.72 Å². The third-order valence-corrected chi connectivity index (χ3v) is 8.50. The summed E-state index contributed by atoms with van der Waals surface area (Å²) < 4.78 is 33.7. The Kier molecular flexibility index (Phi) is 11.7. The van der Waals surface area contributed by atoms with E-state index in [-0.39, 0.29) is 11.5 Å². The number of aromatic nitrogens is 1. The van der Waals surface area contributed by atoms with Gasteiger partial charge >= 0.3 is 10.3 Å². The van der Waals surface area contributed by atoms with Gasteiger partial charge in [-0.2, -0.15) is 13.1 Å². The molecule has 2 aliphatic rings. The van der Waals surface area contributed by atoms with Crippen LogP contribution in [0, 0.1) is 0 Å². The first kappa shape index (κ1) is 30.2. The fourth-order valence-corrected chi connectivity index (χ4v) is 6.58. The summed E-state index contributed by atoms with van der Waals surface area (Å²) in [5.41, 5.74) is 2.64. The van der Waals surface area contributed by atoms with Crippen molar-refractivity contribution in [1.82, 2.24) is 14.2 Å². The van der Waals surface area contributed by atoms with E-state index < -0.39 is 10.3 Å². The highest BCUT2D eigenvalue weighted by molar-refractivity contribution is 7.99. The second-order valence-electron chi connectivity index (χ2n) is 9.72. The maximum absolute atomic E-state index is 10.3. The van der Waals surface area contributed by atoms with E-state index in [0.29, 0.717) is 0 Å². The minimum absolute atomic E-state index is 0. The molecule has 0 spiro atoms. The zero-order valence-electron chi connectivity index (χ0n) is 22.1. The number of rotatable bonds is 8. The molecule has 0 bridgehead atoms. The van der Waals surface area contributed by atoms with Crippen LogP contribution in [0.15, 0.2) is 70.7 Å². The fourth-order valence-electron chi connectivity index (χ4n) is 4.99. The summed E-state index contributed by atoms with van der Waals surface area (Å²) in [5, 5.41) is 1.35. The van der Waals surface area contributed by atoms with Crippen molar-refractivity contribution in [2.24, 2.45) is 4.99 Å². The number of benzene rings is 2. The number of hydrogen-bond acceptors (Lipinski definition) is 4. The largest absolute Gasteiger partial charge is 0.412 e. The van der Waals surface area contributed by atoms with Crippen LogP contribution in [0.2, 0.25) is 0 Å². The molecule has 208 valence electrons. The molecular formula is C28H40N4O4S2. The highest BCUT2D eigenvalue weighted by Crippen LogP contribution is 2.30. The minimum Gasteiger partial charge on any atom is -0.412 e. The van der Waals surface area contributed by atoms with Crippen LogP contribution in [0.1, 0.15) is 50.5 Å². The fraction of sp³-hybridized carbons (Fsp3) is 0.464. The van der Waals surface area contributed by atoms with Gasteiger partial charge in [-0.25, -0.2) is 0 Å². The van der Waals surface area contributed by atoms with Gasteiger partial charge in [0, 0.05) is 60.3 Å². The molecule has 1 saturated carbocycles. The van der Waals surface area contributed by atoms with Gasteiger partial charge in [-0.1, -0.05) is 67.8 Å². The molecule has 10 heteroatoms. The van der Waals surface area contributed by atoms with Gasteiger partial charge in [0.2, 0.25) is 0 Å². The molecule has 1 aliphatic carbocycles. The van der Waals surface area contributed by atoms with Crippen LogP contribution in [0.3, 0.4) is 0 Å². The Hall–Kier alpha value is -2.37. The highest BCUT2D eigenvalue weighted by atomic mass is 32.2. The van der Waals surface area contributed by atoms with E-state index in [9.17, 15) is 8.42 Å². The lowest BCUT2D eigenvalue weighted by Gasteiger charge is -2.20. The number of fused-ring (bicyclic) bond motifs is 1. The first-order valence-electron chi connectivity index (χ1n) is 13.1. The molecule has 0 radical (unpaired) electrons. The average molecular weight is 561 g/mol. The molecule has 2 fully saturated rings. The number of para-hydroxylation sites is 1. The molecule has 1 saturated heterocycles. The molecule has 1 aliphatic heterocycles. The van der Waals surface area contributed by atoms with E-state index in [0.717, 1.165) is 57.5 Å². The van der Waals surface area contributed by atoms with Gasteiger partial charge in [0.15, 0.2) is 0 Å². The number of nitrogens with zero attached hydrogens (tertiary/aromatic N) is 3. The van der Waals surface area contributed by atoms with E-state index in [1.807, 2.05) is 11.8 Å². The molecule has 4 N–H and O–H groups in total. The number of aliphatic imine (C=N–C) groups is 1. The molecule has 1 aromatic heterocycles. The van der Waals surface area contributed by atoms with E-state index in [4.69, 9.17) is 9.55 Å². The highest BCUT2D eigenvalue weighted by Gasteiger charge is 2.17. The van der Waals surface area contributed by atoms with Gasteiger partial charge < -0.3 is 14.9 Å². The van der Waals surface area contributed by atoms with Crippen molar-refractivity contribution in [3.05, 3.63) is 66.4 Å². The van der Waals surface area contributed by atoms with Gasteiger partial charge in [-0.05, 0) is 30.9 Å². The van der Waals surface area contributed by atoms with E-state index >= 15 is 0 Å². The molecule has 0 atom stereocenters. The van der Waals surface area contributed by atoms with E-state index in [1.54, 1.807) is 0 Å². The van der Waals surface area contributed by atoms with Crippen molar-refractivity contribution in [2.75, 3.05) is 25.9 Å². The Bertz CT molecular complexity index is 1270. The van der Waals surface area contributed by atoms with Gasteiger partial charge in [0.25, 0.3) is 0 Å². The van der Waals surface area contributed by atoms with Crippen molar-refractivity contribution in [3.63, 3.8) is 0 Å². The van der Waals surface area contributed by atoms with Crippen molar-refractivity contribution in [2.45, 2.75) is 62.4 Å². The predicted octanol–water partition coefficient (Wildman–Crippen LogP) is 4.79. The number of likely N-dealkylation sites (tertiary alicyclic amines) is 1. The van der Waals surface area contributed by atoms with Crippen molar-refractivity contribution in [3.8, 4) is 0 Å². The summed E-state index contributed by atoms with van der Waals surface area (Å²) in [6, 6.07) is 19.3. The normalized spacial score (nSPS) is 17.3. The number of thioether (sulfide) groups is 1. The van der Waals surface area contributed by atoms with Gasteiger partial charge in [0.05, 0.1) is 12.4 Å². The molecule has 8 nitrogen and oxygen atoms in total. The average Bonchev–Trinajstić information content (AvgIpc) is 3.45. The molecule has 0 amide bonds. The standard InChI is InChI=1S/C22H25N3S.C6H13NO3S.H2O/c1-24-14-7-12-22(24)23-13-15-26-21-17-25(16-18-8-3-2-4-9-18)20-11-6-5-10-19(20)21;8-11(9,10)7-6-4-2-1-3-5-6;/h2-6,8-11,17H,7,12-16H2,1H3;6-7H,1-5H2,(H,8,9,10);1H2/b23-22+;;. The van der Waals surface area contributed by atoms with Gasteiger partial charge in [-0.15, -0.1) is 11.8 Å². The maximum Gasteiger partial charge on any atom is 0.333 e. The monoisotopic (exact) mass is 560 g/mol. The lowest BCUT2D eigenvalue weighted by atomic mass is 9.96. The summed E-state index contributed by atoms with van der Waals surface area (Å²) in [6.45, 7) is 2.95. The Morgan fingerprint density at radius 3 is 2.42 bits per heavy atom. The predicted molar refractivity (Wildman–Crippen MR) is 158 cm³/mol. The zero-order chi connectivity index (χ0) is 26.1. The van der Waals surface area contributed by atoms with Crippen molar-refractivity contribution < 1.29 is 18.4 Å². The Morgan fingerprint density at radius 2 is 1.74 bits per heavy atom. The second kappa shape index (κ2) is 14.7. The Morgan fingerprint density at radius 1 is 1.03 bits per heavy atom. The lowest BCUT2D eigenvalue weighted by molar-refractivity contribution is 0.389. The van der Waals surface area contributed by atoms with Crippen LogP contribution >= 0.6 is 11.8 Å². The summed E-state index contributed by atoms with van der Waals surface area (Å²) >= 11 is 1.92. The lowest BCUT2D eigenvalue weighted by Crippen LogP contribution is -2.35. The SMILES string of the molecule is CN1CCC/C1=N\CCSc1cn(Cc2ccccc2)c2ccccc12.O.O=S(=O)(O)NC1CCCCC1. The second-order valence-corrected chi connectivity index (χ2v) is 12.0. The topological polar surface area (TPSA) is 118 Å². The van der Waals surface area contributed by atoms with Gasteiger partial charge in [0.1, 0.15) is 0 Å². The Balaban J connectivity index is 0.000000282. The molecule has 5 rings (SSSR count). The smallest absolute Gasteiger partial charge is 0.333 e. The number of amidine groups is 1. The van der Waals surface area contributed by atoms with Crippen LogP contribution in [-0.2, 0) is 16.8 Å². The van der Waals surface area contributed by atoms with Crippen molar-refractivity contribution in [1.29, 1.82) is 0 Å². The van der Waals surface area contributed by atoms with Crippen LogP contribution in [0.5, 0.6) is 0 Å². The van der Waals surface area contributed by atoms with E-state index in [1.165, 1.54) is 40.0 Å². The van der Waals surface area contributed by atoms with E-state index in [2.05, 4.69) is 82.0 Å². The summed E-state index contributed by atoms with van der Waals surface area (Å²) in [5.74, 6) is 2.30. The van der Waals surface area contributed by atoms with Crippen LogP contribution in [0.25, 0.3) is 10.9 Å². The molecule has 2 heterocycles. The first-order valence-corrected chi connectivity index (χ1v) is 15.6.